The van der Waals surface area contributed by atoms with Gasteiger partial charge in [0.15, 0.2) is 0 Å². The third-order valence-corrected chi connectivity index (χ3v) is 4.82. The zero-order chi connectivity index (χ0) is 11.9. The van der Waals surface area contributed by atoms with E-state index in [9.17, 15) is 0 Å². The molecule has 3 heteroatoms. The van der Waals surface area contributed by atoms with Crippen molar-refractivity contribution >= 4 is 11.8 Å². The second kappa shape index (κ2) is 3.91. The van der Waals surface area contributed by atoms with Gasteiger partial charge in [0.05, 0.1) is 11.9 Å². The number of thioether (sulfide) groups is 1. The SMILES string of the molecule is Cc1ccc(C2(C)CSCc3cncn32)cc1. The van der Waals surface area contributed by atoms with Crippen molar-refractivity contribution in [1.29, 1.82) is 0 Å². The molecule has 0 saturated heterocycles. The van der Waals surface area contributed by atoms with Gasteiger partial charge in [0.1, 0.15) is 0 Å². The molecule has 88 valence electrons. The maximum absolute atomic E-state index is 4.29. The lowest BCUT2D eigenvalue weighted by Crippen LogP contribution is -2.37. The quantitative estimate of drug-likeness (QED) is 0.766. The molecule has 0 spiro atoms. The molecule has 0 radical (unpaired) electrons. The summed E-state index contributed by atoms with van der Waals surface area (Å²) in [6, 6.07) is 8.86. The fourth-order valence-electron chi connectivity index (χ4n) is 2.43. The van der Waals surface area contributed by atoms with Crippen LogP contribution in [0.4, 0.5) is 0 Å². The second-order valence-electron chi connectivity index (χ2n) is 4.89. The number of hydrogen-bond donors (Lipinski definition) is 0. The highest BCUT2D eigenvalue weighted by Gasteiger charge is 2.33. The van der Waals surface area contributed by atoms with Crippen molar-refractivity contribution < 1.29 is 0 Å². The summed E-state index contributed by atoms with van der Waals surface area (Å²) in [5.74, 6) is 2.18. The van der Waals surface area contributed by atoms with Crippen molar-refractivity contribution in [2.45, 2.75) is 25.1 Å². The highest BCUT2D eigenvalue weighted by atomic mass is 32.2. The van der Waals surface area contributed by atoms with Gasteiger partial charge < -0.3 is 4.57 Å². The minimum Gasteiger partial charge on any atom is -0.323 e. The van der Waals surface area contributed by atoms with E-state index < -0.39 is 0 Å². The van der Waals surface area contributed by atoms with Crippen LogP contribution in [0.5, 0.6) is 0 Å². The number of rotatable bonds is 1. The molecule has 17 heavy (non-hydrogen) atoms. The first-order valence-corrected chi connectivity index (χ1v) is 7.02. The number of hydrogen-bond acceptors (Lipinski definition) is 2. The molecule has 1 aromatic carbocycles. The van der Waals surface area contributed by atoms with Gasteiger partial charge in [0.2, 0.25) is 0 Å². The molecule has 1 unspecified atom stereocenters. The van der Waals surface area contributed by atoms with Crippen molar-refractivity contribution in [2.24, 2.45) is 0 Å². The maximum Gasteiger partial charge on any atom is 0.0956 e. The van der Waals surface area contributed by atoms with Crippen LogP contribution >= 0.6 is 11.8 Å². The lowest BCUT2D eigenvalue weighted by atomic mass is 9.92. The highest BCUT2D eigenvalue weighted by Crippen LogP contribution is 2.36. The van der Waals surface area contributed by atoms with E-state index in [0.717, 1.165) is 11.5 Å². The maximum atomic E-state index is 4.29. The molecular formula is C14H16N2S. The van der Waals surface area contributed by atoms with E-state index in [1.807, 2.05) is 24.3 Å². The highest BCUT2D eigenvalue weighted by molar-refractivity contribution is 7.98. The normalized spacial score (nSPS) is 23.4. The summed E-state index contributed by atoms with van der Waals surface area (Å²) in [5.41, 5.74) is 4.05. The number of imidazole rings is 1. The zero-order valence-electron chi connectivity index (χ0n) is 10.2. The Bertz CT molecular complexity index is 529. The molecule has 1 aromatic heterocycles. The van der Waals surface area contributed by atoms with Crippen LogP contribution in [0.1, 0.15) is 23.7 Å². The number of fused-ring (bicyclic) bond motifs is 1. The zero-order valence-corrected chi connectivity index (χ0v) is 11.0. The second-order valence-corrected chi connectivity index (χ2v) is 5.87. The van der Waals surface area contributed by atoms with Gasteiger partial charge in [-0.3, -0.25) is 0 Å². The molecule has 0 N–H and O–H groups in total. The Balaban J connectivity index is 2.11. The smallest absolute Gasteiger partial charge is 0.0956 e. The van der Waals surface area contributed by atoms with E-state index >= 15 is 0 Å². The lowest BCUT2D eigenvalue weighted by Gasteiger charge is -2.36. The third-order valence-electron chi connectivity index (χ3n) is 3.55. The van der Waals surface area contributed by atoms with Gasteiger partial charge >= 0.3 is 0 Å². The van der Waals surface area contributed by atoms with Crippen LogP contribution in [0.3, 0.4) is 0 Å². The molecule has 0 fully saturated rings. The molecule has 0 saturated carbocycles. The minimum absolute atomic E-state index is 0.0441. The van der Waals surface area contributed by atoms with Crippen molar-refractivity contribution in [3.05, 3.63) is 53.6 Å². The van der Waals surface area contributed by atoms with Crippen LogP contribution in [0, 0.1) is 6.92 Å². The van der Waals surface area contributed by atoms with Crippen molar-refractivity contribution in [3.8, 4) is 0 Å². The molecule has 1 aliphatic heterocycles. The summed E-state index contributed by atoms with van der Waals surface area (Å²) in [7, 11) is 0. The first-order valence-electron chi connectivity index (χ1n) is 5.87. The fraction of sp³-hybridized carbons (Fsp3) is 0.357. The summed E-state index contributed by atoms with van der Waals surface area (Å²) in [6.07, 6.45) is 3.95. The fourth-order valence-corrected chi connectivity index (χ4v) is 3.66. The van der Waals surface area contributed by atoms with Crippen LogP contribution in [0.2, 0.25) is 0 Å². The molecule has 0 amide bonds. The van der Waals surface area contributed by atoms with E-state index in [4.69, 9.17) is 0 Å². The summed E-state index contributed by atoms with van der Waals surface area (Å²) >= 11 is 1.99. The van der Waals surface area contributed by atoms with Gasteiger partial charge in [-0.15, -0.1) is 0 Å². The molecule has 2 aromatic rings. The number of nitrogens with zero attached hydrogens (tertiary/aromatic N) is 2. The summed E-state index contributed by atoms with van der Waals surface area (Å²) in [5, 5.41) is 0. The molecule has 0 bridgehead atoms. The van der Waals surface area contributed by atoms with Crippen molar-refractivity contribution in [2.75, 3.05) is 5.75 Å². The Morgan fingerprint density at radius 1 is 1.29 bits per heavy atom. The number of aromatic nitrogens is 2. The van der Waals surface area contributed by atoms with E-state index in [1.165, 1.54) is 16.8 Å². The van der Waals surface area contributed by atoms with E-state index in [-0.39, 0.29) is 5.54 Å². The average Bonchev–Trinajstić information content (AvgIpc) is 2.80. The standard InChI is InChI=1S/C14H16N2S/c1-11-3-5-12(6-4-11)14(2)9-17-8-13-7-15-10-16(13)14/h3-7,10H,8-9H2,1-2H3. The Kier molecular flexibility index (Phi) is 2.51. The predicted molar refractivity (Wildman–Crippen MR) is 72.3 cm³/mol. The van der Waals surface area contributed by atoms with Gasteiger partial charge in [-0.25, -0.2) is 4.98 Å². The minimum atomic E-state index is 0.0441. The predicted octanol–water partition coefficient (Wildman–Crippen LogP) is 3.20. The Labute approximate surface area is 106 Å². The summed E-state index contributed by atoms with van der Waals surface area (Å²) < 4.78 is 2.33. The van der Waals surface area contributed by atoms with Crippen LogP contribution in [-0.4, -0.2) is 15.3 Å². The average molecular weight is 244 g/mol. The molecule has 0 aliphatic carbocycles. The third kappa shape index (κ3) is 1.69. The van der Waals surface area contributed by atoms with Gasteiger partial charge in [-0.2, -0.15) is 11.8 Å². The first kappa shape index (κ1) is 10.9. The topological polar surface area (TPSA) is 17.8 Å². The van der Waals surface area contributed by atoms with E-state index in [0.29, 0.717) is 0 Å². The van der Waals surface area contributed by atoms with Crippen molar-refractivity contribution in [1.82, 2.24) is 9.55 Å². The Hall–Kier alpha value is -1.22. The van der Waals surface area contributed by atoms with Crippen molar-refractivity contribution in [3.63, 3.8) is 0 Å². The lowest BCUT2D eigenvalue weighted by molar-refractivity contribution is 0.427. The Morgan fingerprint density at radius 3 is 2.82 bits per heavy atom. The first-order chi connectivity index (χ1) is 8.20. The largest absolute Gasteiger partial charge is 0.323 e. The molecule has 2 nitrogen and oxygen atoms in total. The number of benzene rings is 1. The molecule has 2 heterocycles. The van der Waals surface area contributed by atoms with Crippen LogP contribution in [-0.2, 0) is 11.3 Å². The monoisotopic (exact) mass is 244 g/mol. The summed E-state index contributed by atoms with van der Waals surface area (Å²) in [6.45, 7) is 4.43. The van der Waals surface area contributed by atoms with Gasteiger partial charge in [0, 0.05) is 23.4 Å². The molecule has 3 rings (SSSR count). The van der Waals surface area contributed by atoms with E-state index in [1.54, 1.807) is 0 Å². The molecular weight excluding hydrogens is 228 g/mol. The van der Waals surface area contributed by atoms with Gasteiger partial charge in [-0.1, -0.05) is 29.8 Å². The van der Waals surface area contributed by atoms with E-state index in [2.05, 4.69) is 47.7 Å². The molecule has 1 atom stereocenters. The van der Waals surface area contributed by atoms with Crippen LogP contribution < -0.4 is 0 Å². The molecule has 1 aliphatic rings. The van der Waals surface area contributed by atoms with Crippen LogP contribution in [0.15, 0.2) is 36.8 Å². The number of aryl methyl sites for hydroxylation is 1. The van der Waals surface area contributed by atoms with Gasteiger partial charge in [0.25, 0.3) is 0 Å². The summed E-state index contributed by atoms with van der Waals surface area (Å²) in [4.78, 5) is 4.29. The van der Waals surface area contributed by atoms with Gasteiger partial charge in [-0.05, 0) is 19.4 Å². The van der Waals surface area contributed by atoms with Crippen LogP contribution in [0.25, 0.3) is 0 Å². The Morgan fingerprint density at radius 2 is 2.06 bits per heavy atom.